The molecule has 9 heteroatoms. The third-order valence-corrected chi connectivity index (χ3v) is 4.22. The molecular weight excluding hydrogens is 302 g/mol. The standard InChI is InChI=1S/C11H8ClN5O2S/c12-9-10(17-7-2-1-4-8(17)15-9)20(18,19)16-11-13-5-3-6-14-11/h1-7H,(H,13,14,16). The maximum atomic E-state index is 12.4. The van der Waals surface area contributed by atoms with Crippen molar-refractivity contribution in [2.24, 2.45) is 0 Å². The van der Waals surface area contributed by atoms with Crippen molar-refractivity contribution in [2.75, 3.05) is 4.72 Å². The van der Waals surface area contributed by atoms with E-state index >= 15 is 0 Å². The lowest BCUT2D eigenvalue weighted by molar-refractivity contribution is 0.596. The number of rotatable bonds is 3. The van der Waals surface area contributed by atoms with Crippen LogP contribution in [0.1, 0.15) is 0 Å². The minimum Gasteiger partial charge on any atom is -0.288 e. The minimum absolute atomic E-state index is 0.0329. The van der Waals surface area contributed by atoms with E-state index in [4.69, 9.17) is 11.6 Å². The molecule has 0 aliphatic heterocycles. The summed E-state index contributed by atoms with van der Waals surface area (Å²) >= 11 is 5.93. The number of nitrogens with zero attached hydrogens (tertiary/aromatic N) is 4. The molecule has 0 amide bonds. The molecule has 0 unspecified atom stereocenters. The number of hydrogen-bond donors (Lipinski definition) is 1. The van der Waals surface area contributed by atoms with Gasteiger partial charge in [-0.15, -0.1) is 0 Å². The molecule has 7 nitrogen and oxygen atoms in total. The second-order valence-corrected chi connectivity index (χ2v) is 5.77. The van der Waals surface area contributed by atoms with Crippen molar-refractivity contribution in [1.82, 2.24) is 19.4 Å². The number of halogens is 1. The normalized spacial score (nSPS) is 11.7. The highest BCUT2D eigenvalue weighted by atomic mass is 35.5. The molecule has 3 aromatic heterocycles. The molecule has 0 saturated heterocycles. The quantitative estimate of drug-likeness (QED) is 0.793. The molecule has 3 aromatic rings. The third-order valence-electron chi connectivity index (χ3n) is 2.49. The van der Waals surface area contributed by atoms with Crippen LogP contribution in [0.2, 0.25) is 5.15 Å². The molecule has 3 heterocycles. The number of pyridine rings is 1. The van der Waals surface area contributed by atoms with E-state index in [0.29, 0.717) is 5.65 Å². The zero-order valence-corrected chi connectivity index (χ0v) is 11.5. The predicted octanol–water partition coefficient (Wildman–Crippen LogP) is 1.58. The van der Waals surface area contributed by atoms with E-state index in [2.05, 4.69) is 19.7 Å². The van der Waals surface area contributed by atoms with Crippen molar-refractivity contribution >= 4 is 33.2 Å². The molecule has 20 heavy (non-hydrogen) atoms. The van der Waals surface area contributed by atoms with Crippen LogP contribution in [0.25, 0.3) is 5.65 Å². The highest BCUT2D eigenvalue weighted by molar-refractivity contribution is 7.92. The second kappa shape index (κ2) is 4.73. The fourth-order valence-corrected chi connectivity index (χ4v) is 3.31. The molecular formula is C11H8ClN5O2S. The molecule has 0 aliphatic carbocycles. The van der Waals surface area contributed by atoms with E-state index in [9.17, 15) is 8.42 Å². The second-order valence-electron chi connectivity index (χ2n) is 3.81. The molecule has 0 radical (unpaired) electrons. The molecule has 102 valence electrons. The zero-order chi connectivity index (χ0) is 14.2. The SMILES string of the molecule is O=S(=O)(Nc1ncccn1)c1c(Cl)nc2ccccn12. The van der Waals surface area contributed by atoms with Crippen molar-refractivity contribution in [1.29, 1.82) is 0 Å². The summed E-state index contributed by atoms with van der Waals surface area (Å²) in [5.41, 5.74) is 0.437. The van der Waals surface area contributed by atoms with Crippen LogP contribution in [0.5, 0.6) is 0 Å². The molecule has 0 bridgehead atoms. The largest absolute Gasteiger partial charge is 0.288 e. The van der Waals surface area contributed by atoms with Gasteiger partial charge in [-0.2, -0.15) is 8.42 Å². The Hall–Kier alpha value is -2.19. The summed E-state index contributed by atoms with van der Waals surface area (Å²) in [6, 6.07) is 6.66. The van der Waals surface area contributed by atoms with Crippen LogP contribution < -0.4 is 4.72 Å². The molecule has 1 N–H and O–H groups in total. The van der Waals surface area contributed by atoms with Crippen molar-refractivity contribution in [3.8, 4) is 0 Å². The minimum atomic E-state index is -3.93. The Morgan fingerprint density at radius 2 is 1.90 bits per heavy atom. The first-order chi connectivity index (χ1) is 9.58. The monoisotopic (exact) mass is 309 g/mol. The van der Waals surface area contributed by atoms with E-state index in [1.807, 2.05) is 0 Å². The van der Waals surface area contributed by atoms with Crippen LogP contribution in [0.15, 0.2) is 47.9 Å². The molecule has 3 rings (SSSR count). The number of nitrogens with one attached hydrogen (secondary N) is 1. The number of anilines is 1. The zero-order valence-electron chi connectivity index (χ0n) is 9.93. The Balaban J connectivity index is 2.12. The van der Waals surface area contributed by atoms with Crippen LogP contribution in [0.4, 0.5) is 5.95 Å². The molecule has 0 saturated carbocycles. The molecule has 0 fully saturated rings. The summed E-state index contributed by atoms with van der Waals surface area (Å²) in [7, 11) is -3.93. The Labute approximate surface area is 119 Å². The Kier molecular flexibility index (Phi) is 3.03. The van der Waals surface area contributed by atoms with E-state index < -0.39 is 10.0 Å². The Morgan fingerprint density at radius 3 is 2.65 bits per heavy atom. The fourth-order valence-electron chi connectivity index (χ4n) is 1.71. The molecule has 0 aliphatic rings. The van der Waals surface area contributed by atoms with Gasteiger partial charge in [0.15, 0.2) is 10.2 Å². The number of imidazole rings is 1. The lowest BCUT2D eigenvalue weighted by Crippen LogP contribution is -2.17. The highest BCUT2D eigenvalue weighted by Gasteiger charge is 2.25. The number of sulfonamides is 1. The average Bonchev–Trinajstić information content (AvgIpc) is 2.75. The van der Waals surface area contributed by atoms with Gasteiger partial charge in [0.2, 0.25) is 5.95 Å². The Bertz CT molecular complexity index is 863. The van der Waals surface area contributed by atoms with Crippen LogP contribution in [0, 0.1) is 0 Å². The summed E-state index contributed by atoms with van der Waals surface area (Å²) < 4.78 is 28.4. The van der Waals surface area contributed by atoms with Gasteiger partial charge in [-0.1, -0.05) is 17.7 Å². The molecule has 0 aromatic carbocycles. The van der Waals surface area contributed by atoms with Gasteiger partial charge in [0.25, 0.3) is 10.0 Å². The molecule has 0 spiro atoms. The topological polar surface area (TPSA) is 89.2 Å². The summed E-state index contributed by atoms with van der Waals surface area (Å²) in [5.74, 6) is -0.0329. The van der Waals surface area contributed by atoms with Gasteiger partial charge in [0.05, 0.1) is 0 Å². The number of aromatic nitrogens is 4. The lowest BCUT2D eigenvalue weighted by Gasteiger charge is -2.06. The van der Waals surface area contributed by atoms with Gasteiger partial charge >= 0.3 is 0 Å². The van der Waals surface area contributed by atoms with E-state index in [1.54, 1.807) is 30.5 Å². The summed E-state index contributed by atoms with van der Waals surface area (Å²) in [6.45, 7) is 0. The van der Waals surface area contributed by atoms with Crippen molar-refractivity contribution in [3.63, 3.8) is 0 Å². The van der Waals surface area contributed by atoms with Gasteiger partial charge in [-0.25, -0.2) is 19.7 Å². The maximum Gasteiger partial charge on any atom is 0.283 e. The van der Waals surface area contributed by atoms with Gasteiger partial charge in [0, 0.05) is 18.6 Å². The number of hydrogen-bond acceptors (Lipinski definition) is 5. The van der Waals surface area contributed by atoms with E-state index in [-0.39, 0.29) is 16.1 Å². The lowest BCUT2D eigenvalue weighted by atomic mass is 10.5. The summed E-state index contributed by atoms with van der Waals surface area (Å²) in [5, 5.41) is -0.262. The van der Waals surface area contributed by atoms with Crippen LogP contribution in [-0.4, -0.2) is 27.8 Å². The number of fused-ring (bicyclic) bond motifs is 1. The first-order valence-electron chi connectivity index (χ1n) is 5.50. The predicted molar refractivity (Wildman–Crippen MR) is 73.0 cm³/mol. The average molecular weight is 310 g/mol. The Morgan fingerprint density at radius 1 is 1.15 bits per heavy atom. The smallest absolute Gasteiger partial charge is 0.283 e. The van der Waals surface area contributed by atoms with E-state index in [0.717, 1.165) is 0 Å². The van der Waals surface area contributed by atoms with Gasteiger partial charge < -0.3 is 0 Å². The van der Waals surface area contributed by atoms with Gasteiger partial charge in [-0.05, 0) is 18.2 Å². The van der Waals surface area contributed by atoms with Crippen molar-refractivity contribution in [3.05, 3.63) is 48.0 Å². The summed E-state index contributed by atoms with van der Waals surface area (Å²) in [6.07, 6.45) is 4.43. The first-order valence-corrected chi connectivity index (χ1v) is 7.36. The van der Waals surface area contributed by atoms with Crippen LogP contribution in [0.3, 0.4) is 0 Å². The van der Waals surface area contributed by atoms with Crippen molar-refractivity contribution < 1.29 is 8.42 Å². The van der Waals surface area contributed by atoms with Gasteiger partial charge in [-0.3, -0.25) is 4.40 Å². The fraction of sp³-hybridized carbons (Fsp3) is 0. The van der Waals surface area contributed by atoms with Gasteiger partial charge in [0.1, 0.15) is 5.65 Å². The maximum absolute atomic E-state index is 12.4. The highest BCUT2D eigenvalue weighted by Crippen LogP contribution is 2.23. The van der Waals surface area contributed by atoms with Crippen LogP contribution >= 0.6 is 11.6 Å². The first kappa shape index (κ1) is 12.8. The summed E-state index contributed by atoms with van der Waals surface area (Å²) in [4.78, 5) is 11.6. The molecule has 0 atom stereocenters. The van der Waals surface area contributed by atoms with Crippen LogP contribution in [-0.2, 0) is 10.0 Å². The third kappa shape index (κ3) is 2.19. The van der Waals surface area contributed by atoms with E-state index in [1.165, 1.54) is 16.8 Å². The van der Waals surface area contributed by atoms with Crippen molar-refractivity contribution in [2.45, 2.75) is 5.03 Å².